The first-order valence-electron chi connectivity index (χ1n) is 10.7. The molecule has 8 heteroatoms. The highest BCUT2D eigenvalue weighted by molar-refractivity contribution is 7.22. The maximum absolute atomic E-state index is 13.6. The number of hydrogen-bond donors (Lipinski definition) is 1. The topological polar surface area (TPSA) is 83.4 Å². The summed E-state index contributed by atoms with van der Waals surface area (Å²) >= 11 is 2.62. The lowest BCUT2D eigenvalue weighted by atomic mass is 10.0. The van der Waals surface area contributed by atoms with E-state index in [0.29, 0.717) is 15.7 Å². The Morgan fingerprint density at radius 3 is 2.53 bits per heavy atom. The molecule has 1 aliphatic rings. The molecule has 0 saturated carbocycles. The van der Waals surface area contributed by atoms with Crippen LogP contribution in [0, 0.1) is 20.8 Å². The summed E-state index contributed by atoms with van der Waals surface area (Å²) in [5.74, 6) is -1.58. The van der Waals surface area contributed by atoms with Gasteiger partial charge in [0.2, 0.25) is 5.78 Å². The molecule has 0 aliphatic carbocycles. The van der Waals surface area contributed by atoms with Crippen molar-refractivity contribution in [3.05, 3.63) is 92.6 Å². The van der Waals surface area contributed by atoms with Gasteiger partial charge in [-0.05, 0) is 44.0 Å². The fourth-order valence-electron chi connectivity index (χ4n) is 4.01. The zero-order chi connectivity index (χ0) is 24.0. The Morgan fingerprint density at radius 1 is 1.06 bits per heavy atom. The summed E-state index contributed by atoms with van der Waals surface area (Å²) in [7, 11) is 0. The highest BCUT2D eigenvalue weighted by Gasteiger charge is 2.44. The Labute approximate surface area is 204 Å². The van der Waals surface area contributed by atoms with Crippen LogP contribution >= 0.6 is 22.7 Å². The molecule has 2 aromatic heterocycles. The second kappa shape index (κ2) is 8.62. The molecule has 6 nitrogen and oxygen atoms in total. The molecule has 1 N–H and O–H groups in total. The number of aliphatic hydroxyl groups excluding tert-OH is 1. The molecule has 170 valence electrons. The number of thiazole rings is 2. The molecule has 0 spiro atoms. The predicted octanol–water partition coefficient (Wildman–Crippen LogP) is 5.80. The first kappa shape index (κ1) is 22.2. The molecule has 0 fully saturated rings. The van der Waals surface area contributed by atoms with Gasteiger partial charge in [0, 0.05) is 0 Å². The first-order chi connectivity index (χ1) is 16.3. The van der Waals surface area contributed by atoms with Crippen molar-refractivity contribution in [2.75, 3.05) is 4.90 Å². The molecule has 1 atom stereocenters. The molecule has 3 heterocycles. The van der Waals surface area contributed by atoms with Gasteiger partial charge < -0.3 is 5.11 Å². The van der Waals surface area contributed by atoms with Gasteiger partial charge in [0.15, 0.2) is 10.9 Å². The second-order valence-corrected chi connectivity index (χ2v) is 10.3. The highest BCUT2D eigenvalue weighted by Crippen LogP contribution is 2.38. The van der Waals surface area contributed by atoms with E-state index in [9.17, 15) is 14.7 Å². The minimum atomic E-state index is -0.802. The molecule has 0 saturated heterocycles. The third-order valence-electron chi connectivity index (χ3n) is 5.61. The summed E-state index contributed by atoms with van der Waals surface area (Å²) in [4.78, 5) is 37.7. The van der Waals surface area contributed by atoms with Gasteiger partial charge in [-0.15, -0.1) is 11.3 Å². The quantitative estimate of drug-likeness (QED) is 0.360. The van der Waals surface area contributed by atoms with E-state index in [1.165, 1.54) is 27.6 Å². The number of benzene rings is 2. The minimum Gasteiger partial charge on any atom is -0.503 e. The third-order valence-corrected chi connectivity index (χ3v) is 7.70. The van der Waals surface area contributed by atoms with E-state index in [4.69, 9.17) is 0 Å². The number of ketones is 1. The monoisotopic (exact) mass is 487 g/mol. The Balaban J connectivity index is 1.63. The molecule has 2 aromatic carbocycles. The van der Waals surface area contributed by atoms with Crippen LogP contribution in [0.15, 0.2) is 65.9 Å². The summed E-state index contributed by atoms with van der Waals surface area (Å²) in [5, 5.41) is 12.1. The van der Waals surface area contributed by atoms with Crippen LogP contribution in [0.4, 0.5) is 5.13 Å². The SMILES string of the molecule is Cc1ccc2nc(N3C(=O)C(O)=C(C(=O)c4sc(C)nc4C)C3C=Cc3ccccc3)sc2c1. The minimum absolute atomic E-state index is 0.0411. The number of rotatable bonds is 5. The van der Waals surface area contributed by atoms with Crippen molar-refractivity contribution in [3.63, 3.8) is 0 Å². The van der Waals surface area contributed by atoms with Gasteiger partial charge in [0.25, 0.3) is 5.91 Å². The van der Waals surface area contributed by atoms with Crippen LogP contribution in [0.2, 0.25) is 0 Å². The van der Waals surface area contributed by atoms with Crippen molar-refractivity contribution in [1.82, 2.24) is 9.97 Å². The first-order valence-corrected chi connectivity index (χ1v) is 12.3. The van der Waals surface area contributed by atoms with Gasteiger partial charge >= 0.3 is 0 Å². The van der Waals surface area contributed by atoms with E-state index >= 15 is 0 Å². The van der Waals surface area contributed by atoms with Crippen LogP contribution < -0.4 is 4.90 Å². The number of Topliss-reactive ketones (excluding diaryl/α,β-unsaturated/α-hetero) is 1. The standard InChI is InChI=1S/C26H21N3O3S2/c1-14-9-11-18-20(13-14)34-26(28-18)29-19(12-10-17-7-5-4-6-8-17)21(23(31)25(29)32)22(30)24-15(2)27-16(3)33-24/h4-13,19,31H,1-3H3. The number of hydrogen-bond acceptors (Lipinski definition) is 7. The van der Waals surface area contributed by atoms with Gasteiger partial charge in [-0.1, -0.05) is 59.9 Å². The smallest absolute Gasteiger partial charge is 0.296 e. The average Bonchev–Trinajstić information content (AvgIpc) is 3.45. The summed E-state index contributed by atoms with van der Waals surface area (Å²) in [5.41, 5.74) is 3.39. The number of amides is 1. The number of aliphatic hydroxyl groups is 1. The van der Waals surface area contributed by atoms with Crippen molar-refractivity contribution < 1.29 is 14.7 Å². The molecule has 0 radical (unpaired) electrons. The molecular formula is C26H21N3O3S2. The molecule has 1 unspecified atom stereocenters. The second-order valence-electron chi connectivity index (χ2n) is 8.10. The van der Waals surface area contributed by atoms with Crippen LogP contribution in [0.5, 0.6) is 0 Å². The summed E-state index contributed by atoms with van der Waals surface area (Å²) in [6, 6.07) is 14.7. The Hall–Kier alpha value is -3.62. The van der Waals surface area contributed by atoms with Crippen molar-refractivity contribution >= 4 is 55.8 Å². The molecule has 1 aliphatic heterocycles. The average molecular weight is 488 g/mol. The van der Waals surface area contributed by atoms with E-state index in [1.54, 1.807) is 13.0 Å². The van der Waals surface area contributed by atoms with E-state index < -0.39 is 23.5 Å². The van der Waals surface area contributed by atoms with Crippen LogP contribution in [-0.2, 0) is 4.79 Å². The van der Waals surface area contributed by atoms with Crippen LogP contribution in [0.1, 0.15) is 31.5 Å². The van der Waals surface area contributed by atoms with Crippen LogP contribution in [0.25, 0.3) is 16.3 Å². The van der Waals surface area contributed by atoms with E-state index in [-0.39, 0.29) is 5.57 Å². The number of anilines is 1. The zero-order valence-electron chi connectivity index (χ0n) is 18.8. The lowest BCUT2D eigenvalue weighted by Gasteiger charge is -2.21. The number of aromatic nitrogens is 2. The maximum Gasteiger partial charge on any atom is 0.296 e. The molecule has 0 bridgehead atoms. The molecule has 1 amide bonds. The van der Waals surface area contributed by atoms with Crippen LogP contribution in [0.3, 0.4) is 0 Å². The van der Waals surface area contributed by atoms with Crippen molar-refractivity contribution in [2.45, 2.75) is 26.8 Å². The number of carbonyl (C=O) groups is 2. The number of fused-ring (bicyclic) bond motifs is 1. The van der Waals surface area contributed by atoms with Gasteiger partial charge in [-0.2, -0.15) is 0 Å². The number of nitrogens with zero attached hydrogens (tertiary/aromatic N) is 3. The fourth-order valence-corrected chi connectivity index (χ4v) is 5.98. The van der Waals surface area contributed by atoms with Gasteiger partial charge in [-0.3, -0.25) is 14.5 Å². The normalized spacial score (nSPS) is 16.4. The number of carbonyl (C=O) groups excluding carboxylic acids is 2. The largest absolute Gasteiger partial charge is 0.503 e. The molecule has 4 aromatic rings. The molecule has 34 heavy (non-hydrogen) atoms. The van der Waals surface area contributed by atoms with Crippen molar-refractivity contribution in [3.8, 4) is 0 Å². The molecular weight excluding hydrogens is 466 g/mol. The highest BCUT2D eigenvalue weighted by atomic mass is 32.1. The lowest BCUT2D eigenvalue weighted by molar-refractivity contribution is -0.116. The number of aryl methyl sites for hydroxylation is 3. The van der Waals surface area contributed by atoms with Crippen molar-refractivity contribution in [2.24, 2.45) is 0 Å². The van der Waals surface area contributed by atoms with Gasteiger partial charge in [0.1, 0.15) is 0 Å². The lowest BCUT2D eigenvalue weighted by Crippen LogP contribution is -2.35. The zero-order valence-corrected chi connectivity index (χ0v) is 20.4. The maximum atomic E-state index is 13.6. The summed E-state index contributed by atoms with van der Waals surface area (Å²) in [6.45, 7) is 5.58. The predicted molar refractivity (Wildman–Crippen MR) is 137 cm³/mol. The van der Waals surface area contributed by atoms with Crippen molar-refractivity contribution in [1.29, 1.82) is 0 Å². The van der Waals surface area contributed by atoms with Gasteiger partial charge in [-0.25, -0.2) is 9.97 Å². The Morgan fingerprint density at radius 2 is 1.82 bits per heavy atom. The summed E-state index contributed by atoms with van der Waals surface area (Å²) in [6.07, 6.45) is 3.61. The Bertz CT molecular complexity index is 1500. The van der Waals surface area contributed by atoms with Gasteiger partial charge in [0.05, 0.1) is 37.4 Å². The van der Waals surface area contributed by atoms with Crippen LogP contribution in [-0.4, -0.2) is 32.8 Å². The van der Waals surface area contributed by atoms with E-state index in [2.05, 4.69) is 9.97 Å². The fraction of sp³-hybridized carbons (Fsp3) is 0.154. The third kappa shape index (κ3) is 3.85. The molecule has 5 rings (SSSR count). The van der Waals surface area contributed by atoms with E-state index in [1.807, 2.05) is 68.5 Å². The summed E-state index contributed by atoms with van der Waals surface area (Å²) < 4.78 is 0.932. The Kier molecular flexibility index (Phi) is 5.63. The van der Waals surface area contributed by atoms with E-state index in [0.717, 1.165) is 26.4 Å².